The molecule has 0 aliphatic heterocycles. The Labute approximate surface area is 102 Å². The molecule has 0 amide bonds. The molecule has 0 spiro atoms. The van der Waals surface area contributed by atoms with E-state index in [4.69, 9.17) is 5.11 Å². The average molecular weight is 232 g/mol. The maximum absolute atomic E-state index is 9.16. The van der Waals surface area contributed by atoms with Crippen molar-refractivity contribution in [2.75, 3.05) is 0 Å². The molecule has 2 N–H and O–H groups in total. The van der Waals surface area contributed by atoms with Crippen LogP contribution in [0.2, 0.25) is 0 Å². The third kappa shape index (κ3) is 1.41. The fourth-order valence-corrected chi connectivity index (χ4v) is 5.14. The SMILES string of the molecule is OCc1cc(C23CC4CC(CC(C4)C2)C3)n[nH]1. The Hall–Kier alpha value is -0.830. The van der Waals surface area contributed by atoms with E-state index in [1.165, 1.54) is 44.2 Å². The topological polar surface area (TPSA) is 48.9 Å². The van der Waals surface area contributed by atoms with Crippen LogP contribution in [0.15, 0.2) is 6.07 Å². The van der Waals surface area contributed by atoms with Gasteiger partial charge in [-0.3, -0.25) is 5.10 Å². The first-order valence-electron chi connectivity index (χ1n) is 6.93. The number of H-pyrrole nitrogens is 1. The molecule has 0 saturated heterocycles. The van der Waals surface area contributed by atoms with Gasteiger partial charge in [0, 0.05) is 5.41 Å². The van der Waals surface area contributed by atoms with Crippen LogP contribution in [0.5, 0.6) is 0 Å². The monoisotopic (exact) mass is 232 g/mol. The van der Waals surface area contributed by atoms with Gasteiger partial charge in [0.1, 0.15) is 0 Å². The van der Waals surface area contributed by atoms with Crippen molar-refractivity contribution in [3.63, 3.8) is 0 Å². The summed E-state index contributed by atoms with van der Waals surface area (Å²) in [5, 5.41) is 16.6. The smallest absolute Gasteiger partial charge is 0.0847 e. The van der Waals surface area contributed by atoms with Crippen molar-refractivity contribution in [2.24, 2.45) is 17.8 Å². The second-order valence-electron chi connectivity index (χ2n) is 6.63. The summed E-state index contributed by atoms with van der Waals surface area (Å²) in [6, 6.07) is 2.10. The minimum Gasteiger partial charge on any atom is -0.390 e. The maximum Gasteiger partial charge on any atom is 0.0847 e. The zero-order valence-electron chi connectivity index (χ0n) is 10.2. The van der Waals surface area contributed by atoms with E-state index in [0.29, 0.717) is 5.41 Å². The third-order valence-corrected chi connectivity index (χ3v) is 5.38. The van der Waals surface area contributed by atoms with Gasteiger partial charge in [0.15, 0.2) is 0 Å². The second kappa shape index (κ2) is 3.35. The van der Waals surface area contributed by atoms with Crippen LogP contribution in [0.1, 0.15) is 49.9 Å². The molecule has 0 aromatic carbocycles. The number of aliphatic hydroxyl groups is 1. The number of aromatic amines is 1. The van der Waals surface area contributed by atoms with Gasteiger partial charge in [-0.05, 0) is 62.3 Å². The highest BCUT2D eigenvalue weighted by atomic mass is 16.3. The fourth-order valence-electron chi connectivity index (χ4n) is 5.14. The van der Waals surface area contributed by atoms with Crippen molar-refractivity contribution in [3.8, 4) is 0 Å². The van der Waals surface area contributed by atoms with Crippen LogP contribution in [0.4, 0.5) is 0 Å². The van der Waals surface area contributed by atoms with E-state index < -0.39 is 0 Å². The number of nitrogens with zero attached hydrogens (tertiary/aromatic N) is 1. The Balaban J connectivity index is 1.72. The minimum atomic E-state index is 0.0827. The summed E-state index contributed by atoms with van der Waals surface area (Å²) in [4.78, 5) is 0. The Morgan fingerprint density at radius 3 is 2.24 bits per heavy atom. The first-order valence-corrected chi connectivity index (χ1v) is 6.93. The summed E-state index contributed by atoms with van der Waals surface area (Å²) in [5.41, 5.74) is 2.47. The van der Waals surface area contributed by atoms with E-state index in [9.17, 15) is 0 Å². The van der Waals surface area contributed by atoms with Gasteiger partial charge in [-0.2, -0.15) is 5.10 Å². The zero-order valence-corrected chi connectivity index (χ0v) is 10.2. The molecule has 4 aliphatic carbocycles. The normalized spacial score (nSPS) is 43.2. The molecule has 17 heavy (non-hydrogen) atoms. The number of rotatable bonds is 2. The van der Waals surface area contributed by atoms with Gasteiger partial charge in [0.2, 0.25) is 0 Å². The summed E-state index contributed by atoms with van der Waals surface area (Å²) >= 11 is 0. The fraction of sp³-hybridized carbons (Fsp3) is 0.786. The van der Waals surface area contributed by atoms with E-state index in [1.807, 2.05) is 0 Å². The molecule has 1 aromatic heterocycles. The van der Waals surface area contributed by atoms with E-state index in [0.717, 1.165) is 23.4 Å². The van der Waals surface area contributed by atoms with Crippen LogP contribution in [-0.2, 0) is 12.0 Å². The van der Waals surface area contributed by atoms with Gasteiger partial charge in [-0.25, -0.2) is 0 Å². The molecule has 4 saturated carbocycles. The molecule has 4 aliphatic rings. The number of hydrogen-bond donors (Lipinski definition) is 2. The third-order valence-electron chi connectivity index (χ3n) is 5.38. The van der Waals surface area contributed by atoms with Crippen LogP contribution in [0.25, 0.3) is 0 Å². The molecule has 0 atom stereocenters. The molecular formula is C14H20N2O. The van der Waals surface area contributed by atoms with Crippen LogP contribution in [0, 0.1) is 17.8 Å². The molecule has 0 radical (unpaired) electrons. The van der Waals surface area contributed by atoms with Gasteiger partial charge in [0.05, 0.1) is 18.0 Å². The predicted octanol–water partition coefficient (Wildman–Crippen LogP) is 2.37. The van der Waals surface area contributed by atoms with Crippen molar-refractivity contribution in [2.45, 2.75) is 50.5 Å². The van der Waals surface area contributed by atoms with Crippen LogP contribution in [-0.4, -0.2) is 15.3 Å². The Morgan fingerprint density at radius 2 is 1.76 bits per heavy atom. The molecular weight excluding hydrogens is 212 g/mol. The molecule has 0 unspecified atom stereocenters. The predicted molar refractivity (Wildman–Crippen MR) is 64.4 cm³/mol. The van der Waals surface area contributed by atoms with Gasteiger partial charge in [-0.15, -0.1) is 0 Å². The van der Waals surface area contributed by atoms with E-state index in [-0.39, 0.29) is 6.61 Å². The Morgan fingerprint density at radius 1 is 1.18 bits per heavy atom. The summed E-state index contributed by atoms with van der Waals surface area (Å²) in [6.07, 6.45) is 8.43. The molecule has 4 bridgehead atoms. The summed E-state index contributed by atoms with van der Waals surface area (Å²) < 4.78 is 0. The average Bonchev–Trinajstić information content (AvgIpc) is 2.76. The van der Waals surface area contributed by atoms with E-state index in [2.05, 4.69) is 16.3 Å². The molecule has 1 heterocycles. The molecule has 3 nitrogen and oxygen atoms in total. The number of nitrogens with one attached hydrogen (secondary N) is 1. The van der Waals surface area contributed by atoms with E-state index >= 15 is 0 Å². The van der Waals surface area contributed by atoms with Gasteiger partial charge < -0.3 is 5.11 Å². The van der Waals surface area contributed by atoms with Crippen LogP contribution in [0.3, 0.4) is 0 Å². The number of aromatic nitrogens is 2. The van der Waals surface area contributed by atoms with E-state index in [1.54, 1.807) is 0 Å². The lowest BCUT2D eigenvalue weighted by Crippen LogP contribution is -2.48. The lowest BCUT2D eigenvalue weighted by molar-refractivity contribution is -0.00722. The Kier molecular flexibility index (Phi) is 1.99. The largest absolute Gasteiger partial charge is 0.390 e. The standard InChI is InChI=1S/C14H20N2O/c17-8-12-4-13(16-15-12)14-5-9-1-10(6-14)3-11(2-9)7-14/h4,9-11,17H,1-3,5-8H2,(H,15,16). The summed E-state index contributed by atoms with van der Waals surface area (Å²) in [6.45, 7) is 0.0827. The first-order chi connectivity index (χ1) is 8.27. The van der Waals surface area contributed by atoms with Crippen molar-refractivity contribution >= 4 is 0 Å². The van der Waals surface area contributed by atoms with Crippen LogP contribution < -0.4 is 0 Å². The lowest BCUT2D eigenvalue weighted by Gasteiger charge is -2.56. The van der Waals surface area contributed by atoms with Crippen molar-refractivity contribution in [3.05, 3.63) is 17.5 Å². The highest BCUT2D eigenvalue weighted by molar-refractivity contribution is 5.24. The van der Waals surface area contributed by atoms with Crippen LogP contribution >= 0.6 is 0 Å². The highest BCUT2D eigenvalue weighted by Gasteiger charge is 2.52. The first kappa shape index (κ1) is 10.1. The van der Waals surface area contributed by atoms with Gasteiger partial charge in [-0.1, -0.05) is 0 Å². The zero-order chi connectivity index (χ0) is 11.5. The molecule has 92 valence electrons. The quantitative estimate of drug-likeness (QED) is 0.822. The van der Waals surface area contributed by atoms with Crippen molar-refractivity contribution in [1.29, 1.82) is 0 Å². The summed E-state index contributed by atoms with van der Waals surface area (Å²) in [7, 11) is 0. The Bertz CT molecular complexity index is 402. The number of aliphatic hydroxyl groups excluding tert-OH is 1. The molecule has 4 fully saturated rings. The minimum absolute atomic E-state index is 0.0827. The lowest BCUT2D eigenvalue weighted by atomic mass is 9.49. The molecule has 1 aromatic rings. The highest BCUT2D eigenvalue weighted by Crippen LogP contribution is 2.60. The van der Waals surface area contributed by atoms with Crippen molar-refractivity contribution < 1.29 is 5.11 Å². The number of hydrogen-bond acceptors (Lipinski definition) is 2. The van der Waals surface area contributed by atoms with Crippen molar-refractivity contribution in [1.82, 2.24) is 10.2 Å². The second-order valence-corrected chi connectivity index (χ2v) is 6.63. The molecule has 3 heteroatoms. The van der Waals surface area contributed by atoms with Gasteiger partial charge in [0.25, 0.3) is 0 Å². The summed E-state index contributed by atoms with van der Waals surface area (Å²) in [5.74, 6) is 2.86. The maximum atomic E-state index is 9.16. The molecule has 5 rings (SSSR count). The van der Waals surface area contributed by atoms with Gasteiger partial charge >= 0.3 is 0 Å².